The van der Waals surface area contributed by atoms with Gasteiger partial charge in [0.25, 0.3) is 0 Å². The Bertz CT molecular complexity index is 320. The molecule has 3 N–H and O–H groups in total. The average Bonchev–Trinajstić information content (AvgIpc) is 2.55. The summed E-state index contributed by atoms with van der Waals surface area (Å²) in [5.74, 6) is 0.868. The third-order valence-corrected chi connectivity index (χ3v) is 4.83. The summed E-state index contributed by atoms with van der Waals surface area (Å²) >= 11 is 1.23. The molecule has 0 aromatic heterocycles. The van der Waals surface area contributed by atoms with Gasteiger partial charge < -0.3 is 19.3 Å². The lowest BCUT2D eigenvalue weighted by molar-refractivity contribution is -0.127. The van der Waals surface area contributed by atoms with Crippen LogP contribution in [-0.4, -0.2) is 58.0 Å². The van der Waals surface area contributed by atoms with Crippen LogP contribution in [0.15, 0.2) is 0 Å². The Hall–Kier alpha value is -0.413. The fourth-order valence-corrected chi connectivity index (χ4v) is 3.25. The normalized spacial score (nSPS) is 20.6. The van der Waals surface area contributed by atoms with Gasteiger partial charge in [-0.1, -0.05) is 11.8 Å². The number of carbonyl (C=O) groups is 2. The second kappa shape index (κ2) is 6.67. The molecule has 1 aliphatic rings. The van der Waals surface area contributed by atoms with Crippen molar-refractivity contribution in [1.29, 1.82) is 0 Å². The highest BCUT2D eigenvalue weighted by atomic mass is 32.2. The molecule has 1 atom stereocenters. The van der Waals surface area contributed by atoms with Gasteiger partial charge in [0.15, 0.2) is 5.12 Å². The number of carbonyl (C=O) groups excluding carboxylic acids is 2. The monoisotopic (exact) mass is 293 g/mol. The lowest BCUT2D eigenvalue weighted by Gasteiger charge is -2.17. The smallest absolute Gasteiger partial charge is 0.390 e. The van der Waals surface area contributed by atoms with Crippen LogP contribution in [0, 0.1) is 5.92 Å². The Balaban J connectivity index is 2.27. The molecule has 1 amide bonds. The van der Waals surface area contributed by atoms with E-state index in [9.17, 15) is 9.59 Å². The minimum atomic E-state index is -3.99. The van der Waals surface area contributed by atoms with E-state index in [0.717, 1.165) is 0 Å². The molecule has 1 rings (SSSR count). The second-order valence-corrected chi connectivity index (χ2v) is 7.84. The van der Waals surface area contributed by atoms with Crippen molar-refractivity contribution in [2.24, 2.45) is 5.92 Å². The SMILES string of the molecule is CC(=O)SCC1CC(=O)N(CCC[Si](O)(O)O)C1. The molecule has 8 heteroatoms. The number of thioether (sulfide) groups is 1. The Morgan fingerprint density at radius 3 is 2.72 bits per heavy atom. The Morgan fingerprint density at radius 2 is 2.17 bits per heavy atom. The molecule has 0 saturated carbocycles. The molecule has 0 spiro atoms. The summed E-state index contributed by atoms with van der Waals surface area (Å²) in [6.07, 6.45) is 0.828. The van der Waals surface area contributed by atoms with Gasteiger partial charge in [0.05, 0.1) is 0 Å². The van der Waals surface area contributed by atoms with Gasteiger partial charge in [-0.05, 0) is 12.3 Å². The molecular formula is C10H19NO5SSi. The van der Waals surface area contributed by atoms with Crippen LogP contribution in [0.3, 0.4) is 0 Å². The molecule has 1 aliphatic heterocycles. The Labute approximate surface area is 111 Å². The topological polar surface area (TPSA) is 98.1 Å². The standard InChI is InChI=1S/C10H19NO5SSi/c1-8(12)17-7-9-5-10(13)11(6-9)3-2-4-18(14,15)16/h9,14-16H,2-7H2,1H3. The quantitative estimate of drug-likeness (QED) is 0.567. The summed E-state index contributed by atoms with van der Waals surface area (Å²) < 4.78 is 0. The number of nitrogens with zero attached hydrogens (tertiary/aromatic N) is 1. The van der Waals surface area contributed by atoms with Crippen LogP contribution in [0.25, 0.3) is 0 Å². The van der Waals surface area contributed by atoms with Crippen molar-refractivity contribution in [3.8, 4) is 0 Å². The Kier molecular flexibility index (Phi) is 5.79. The summed E-state index contributed by atoms with van der Waals surface area (Å²) in [6, 6.07) is -0.0519. The molecule has 104 valence electrons. The van der Waals surface area contributed by atoms with E-state index in [1.807, 2.05) is 0 Å². The van der Waals surface area contributed by atoms with E-state index >= 15 is 0 Å². The van der Waals surface area contributed by atoms with Gasteiger partial charge in [0, 0.05) is 38.2 Å². The first kappa shape index (κ1) is 15.6. The van der Waals surface area contributed by atoms with E-state index in [1.54, 1.807) is 4.90 Å². The van der Waals surface area contributed by atoms with Gasteiger partial charge in [-0.3, -0.25) is 9.59 Å². The van der Waals surface area contributed by atoms with Crippen molar-refractivity contribution in [1.82, 2.24) is 4.90 Å². The molecule has 18 heavy (non-hydrogen) atoms. The zero-order chi connectivity index (χ0) is 13.8. The third-order valence-electron chi connectivity index (χ3n) is 2.76. The summed E-state index contributed by atoms with van der Waals surface area (Å²) in [7, 11) is -3.99. The molecule has 0 aromatic carbocycles. The van der Waals surface area contributed by atoms with Gasteiger partial charge in [0.1, 0.15) is 0 Å². The van der Waals surface area contributed by atoms with Crippen molar-refractivity contribution in [3.05, 3.63) is 0 Å². The molecule has 1 fully saturated rings. The number of amides is 1. The number of rotatable bonds is 6. The van der Waals surface area contributed by atoms with Gasteiger partial charge in [-0.2, -0.15) is 0 Å². The lowest BCUT2D eigenvalue weighted by Crippen LogP contribution is -2.36. The highest BCUT2D eigenvalue weighted by Crippen LogP contribution is 2.22. The molecule has 0 bridgehead atoms. The maximum absolute atomic E-state index is 11.6. The summed E-state index contributed by atoms with van der Waals surface area (Å²) in [6.45, 7) is 2.54. The van der Waals surface area contributed by atoms with Gasteiger partial charge >= 0.3 is 8.80 Å². The lowest BCUT2D eigenvalue weighted by atomic mass is 10.1. The van der Waals surface area contributed by atoms with Crippen LogP contribution in [0.5, 0.6) is 0 Å². The first-order valence-corrected chi connectivity index (χ1v) is 8.89. The van der Waals surface area contributed by atoms with Crippen molar-refractivity contribution in [2.45, 2.75) is 25.8 Å². The van der Waals surface area contributed by atoms with Crippen molar-refractivity contribution < 1.29 is 24.0 Å². The molecule has 1 unspecified atom stereocenters. The Morgan fingerprint density at radius 1 is 1.50 bits per heavy atom. The number of hydrogen-bond acceptors (Lipinski definition) is 6. The highest BCUT2D eigenvalue weighted by molar-refractivity contribution is 8.13. The summed E-state index contributed by atoms with van der Waals surface area (Å²) in [5.41, 5.74) is 0. The van der Waals surface area contributed by atoms with Crippen LogP contribution < -0.4 is 0 Å². The second-order valence-electron chi connectivity index (χ2n) is 4.59. The van der Waals surface area contributed by atoms with Crippen molar-refractivity contribution in [2.75, 3.05) is 18.8 Å². The molecule has 1 saturated heterocycles. The van der Waals surface area contributed by atoms with Gasteiger partial charge in [-0.15, -0.1) is 0 Å². The van der Waals surface area contributed by atoms with Gasteiger partial charge in [0.2, 0.25) is 5.91 Å². The van der Waals surface area contributed by atoms with Crippen LogP contribution >= 0.6 is 11.8 Å². The third kappa shape index (κ3) is 5.96. The van der Waals surface area contributed by atoms with Crippen molar-refractivity contribution >= 4 is 31.6 Å². The van der Waals surface area contributed by atoms with Crippen LogP contribution in [0.2, 0.25) is 6.04 Å². The molecule has 0 radical (unpaired) electrons. The molecule has 1 heterocycles. The zero-order valence-electron chi connectivity index (χ0n) is 10.3. The largest absolute Gasteiger partial charge is 0.492 e. The summed E-state index contributed by atoms with van der Waals surface area (Å²) in [4.78, 5) is 50.7. The molecule has 0 aromatic rings. The molecular weight excluding hydrogens is 274 g/mol. The van der Waals surface area contributed by atoms with Crippen LogP contribution in [0.1, 0.15) is 19.8 Å². The first-order valence-electron chi connectivity index (χ1n) is 5.86. The highest BCUT2D eigenvalue weighted by Gasteiger charge is 2.31. The van der Waals surface area contributed by atoms with Gasteiger partial charge in [-0.25, -0.2) is 0 Å². The van der Waals surface area contributed by atoms with E-state index in [-0.39, 0.29) is 23.0 Å². The number of likely N-dealkylation sites (tertiary alicyclic amines) is 1. The minimum absolute atomic E-state index is 0.0326. The van der Waals surface area contributed by atoms with Crippen LogP contribution in [0.4, 0.5) is 0 Å². The zero-order valence-corrected chi connectivity index (χ0v) is 12.2. The maximum Gasteiger partial charge on any atom is 0.492 e. The summed E-state index contributed by atoms with van der Waals surface area (Å²) in [5, 5.41) is 0.0533. The predicted octanol–water partition coefficient (Wildman–Crippen LogP) is -0.579. The average molecular weight is 293 g/mol. The van der Waals surface area contributed by atoms with E-state index in [1.165, 1.54) is 18.7 Å². The molecule has 0 aliphatic carbocycles. The molecule has 6 nitrogen and oxygen atoms in total. The fraction of sp³-hybridized carbons (Fsp3) is 0.800. The van der Waals surface area contributed by atoms with E-state index in [4.69, 9.17) is 14.4 Å². The maximum atomic E-state index is 11.6. The first-order chi connectivity index (χ1) is 8.28. The van der Waals surface area contributed by atoms with Crippen LogP contribution in [-0.2, 0) is 9.59 Å². The van der Waals surface area contributed by atoms with E-state index in [0.29, 0.717) is 31.7 Å². The van der Waals surface area contributed by atoms with E-state index < -0.39 is 8.80 Å². The fourth-order valence-electron chi connectivity index (χ4n) is 1.92. The minimum Gasteiger partial charge on any atom is -0.390 e. The number of hydrogen-bond donors (Lipinski definition) is 3. The van der Waals surface area contributed by atoms with Crippen molar-refractivity contribution in [3.63, 3.8) is 0 Å². The predicted molar refractivity (Wildman–Crippen MR) is 69.7 cm³/mol. The van der Waals surface area contributed by atoms with E-state index in [2.05, 4.69) is 0 Å².